The number of thiazole rings is 1. The molecule has 3 aromatic rings. The molecule has 0 unspecified atom stereocenters. The van der Waals surface area contributed by atoms with Gasteiger partial charge in [-0.3, -0.25) is 4.79 Å². The SMILES string of the molecule is Cc1cccc2sc(NC(=O)C3CCN(C4=NS(=O)(=O)c5ccccc54)CC3)nc12. The number of rotatable bonds is 2. The number of amides is 1. The second kappa shape index (κ2) is 7.17. The van der Waals surface area contributed by atoms with Gasteiger partial charge in [0.15, 0.2) is 11.0 Å². The largest absolute Gasteiger partial charge is 0.355 e. The zero-order valence-electron chi connectivity index (χ0n) is 16.3. The standard InChI is InChI=1S/C21H20N4O3S2/c1-13-5-4-7-16-18(13)22-21(29-16)23-20(26)14-9-11-25(12-10-14)19-15-6-2-3-8-17(15)30(27,28)24-19/h2-8,14H,9-12H2,1H3,(H,22,23,26). The average Bonchev–Trinajstić information content (AvgIpc) is 3.27. The van der Waals surface area contributed by atoms with E-state index in [4.69, 9.17) is 0 Å². The minimum absolute atomic E-state index is 0.0345. The summed E-state index contributed by atoms with van der Waals surface area (Å²) >= 11 is 1.48. The van der Waals surface area contributed by atoms with Crippen LogP contribution in [-0.4, -0.2) is 43.1 Å². The Labute approximate surface area is 178 Å². The van der Waals surface area contributed by atoms with Crippen molar-refractivity contribution in [3.05, 3.63) is 53.6 Å². The number of anilines is 1. The number of aryl methyl sites for hydroxylation is 1. The van der Waals surface area contributed by atoms with E-state index in [1.165, 1.54) is 11.3 Å². The number of hydrogen-bond donors (Lipinski definition) is 1. The molecule has 0 bridgehead atoms. The molecule has 0 saturated carbocycles. The second-order valence-corrected chi connectivity index (χ2v) is 10.2. The highest BCUT2D eigenvalue weighted by Crippen LogP contribution is 2.31. The summed E-state index contributed by atoms with van der Waals surface area (Å²) in [6.07, 6.45) is 1.27. The molecule has 1 N–H and O–H groups in total. The summed E-state index contributed by atoms with van der Waals surface area (Å²) in [7, 11) is -3.63. The van der Waals surface area contributed by atoms with Gasteiger partial charge in [0.05, 0.1) is 10.2 Å². The van der Waals surface area contributed by atoms with Crippen molar-refractivity contribution in [2.75, 3.05) is 18.4 Å². The number of carbonyl (C=O) groups excluding carboxylic acids is 1. The number of benzene rings is 2. The Morgan fingerprint density at radius 2 is 1.90 bits per heavy atom. The summed E-state index contributed by atoms with van der Waals surface area (Å²) < 4.78 is 29.6. The maximum absolute atomic E-state index is 12.8. The number of aromatic nitrogens is 1. The first-order chi connectivity index (χ1) is 14.4. The van der Waals surface area contributed by atoms with Crippen LogP contribution in [0.4, 0.5) is 5.13 Å². The smallest absolute Gasteiger partial charge is 0.285 e. The number of nitrogens with one attached hydrogen (secondary N) is 1. The van der Waals surface area contributed by atoms with Gasteiger partial charge >= 0.3 is 0 Å². The van der Waals surface area contributed by atoms with Crippen molar-refractivity contribution < 1.29 is 13.2 Å². The van der Waals surface area contributed by atoms with Crippen LogP contribution in [-0.2, 0) is 14.8 Å². The van der Waals surface area contributed by atoms with Crippen LogP contribution in [0.5, 0.6) is 0 Å². The number of hydrogen-bond acceptors (Lipinski definition) is 6. The molecule has 1 saturated heterocycles. The monoisotopic (exact) mass is 440 g/mol. The molecule has 1 fully saturated rings. The Hall–Kier alpha value is -2.78. The molecular weight excluding hydrogens is 420 g/mol. The van der Waals surface area contributed by atoms with E-state index in [-0.39, 0.29) is 16.7 Å². The Morgan fingerprint density at radius 1 is 1.13 bits per heavy atom. The van der Waals surface area contributed by atoms with E-state index in [2.05, 4.69) is 14.7 Å². The van der Waals surface area contributed by atoms with E-state index in [1.54, 1.807) is 18.2 Å². The third-order valence-electron chi connectivity index (χ3n) is 5.63. The van der Waals surface area contributed by atoms with Crippen LogP contribution in [0.3, 0.4) is 0 Å². The Bertz CT molecular complexity index is 1290. The van der Waals surface area contributed by atoms with Gasteiger partial charge in [-0.25, -0.2) is 4.98 Å². The lowest BCUT2D eigenvalue weighted by molar-refractivity contribution is -0.120. The summed E-state index contributed by atoms with van der Waals surface area (Å²) in [6.45, 7) is 3.17. The zero-order chi connectivity index (χ0) is 20.9. The van der Waals surface area contributed by atoms with E-state index in [1.807, 2.05) is 36.1 Å². The van der Waals surface area contributed by atoms with Crippen molar-refractivity contribution >= 4 is 48.5 Å². The number of amidine groups is 1. The predicted octanol–water partition coefficient (Wildman–Crippen LogP) is 3.40. The van der Waals surface area contributed by atoms with Crippen LogP contribution < -0.4 is 5.32 Å². The van der Waals surface area contributed by atoms with E-state index in [0.717, 1.165) is 15.8 Å². The van der Waals surface area contributed by atoms with Crippen LogP contribution in [0.2, 0.25) is 0 Å². The first kappa shape index (κ1) is 19.2. The van der Waals surface area contributed by atoms with Gasteiger partial charge < -0.3 is 10.2 Å². The fraction of sp³-hybridized carbons (Fsp3) is 0.286. The molecule has 30 heavy (non-hydrogen) atoms. The van der Waals surface area contributed by atoms with Crippen molar-refractivity contribution in [3.8, 4) is 0 Å². The van der Waals surface area contributed by atoms with Gasteiger partial charge in [0.2, 0.25) is 5.91 Å². The van der Waals surface area contributed by atoms with Gasteiger partial charge in [0, 0.05) is 24.6 Å². The van der Waals surface area contributed by atoms with Gasteiger partial charge in [-0.2, -0.15) is 8.42 Å². The second-order valence-electron chi connectivity index (χ2n) is 7.58. The molecule has 7 nitrogen and oxygen atoms in total. The van der Waals surface area contributed by atoms with Crippen LogP contribution >= 0.6 is 11.3 Å². The zero-order valence-corrected chi connectivity index (χ0v) is 18.0. The minimum Gasteiger partial charge on any atom is -0.355 e. The number of fused-ring (bicyclic) bond motifs is 2. The van der Waals surface area contributed by atoms with Crippen molar-refractivity contribution in [1.29, 1.82) is 0 Å². The van der Waals surface area contributed by atoms with Crippen LogP contribution in [0.1, 0.15) is 24.0 Å². The lowest BCUT2D eigenvalue weighted by Gasteiger charge is -2.32. The molecule has 1 aromatic heterocycles. The molecule has 0 atom stereocenters. The number of carbonyl (C=O) groups is 1. The minimum atomic E-state index is -3.63. The first-order valence-electron chi connectivity index (χ1n) is 9.79. The third-order valence-corrected chi connectivity index (χ3v) is 7.89. The Morgan fingerprint density at radius 3 is 2.67 bits per heavy atom. The average molecular weight is 441 g/mol. The summed E-state index contributed by atoms with van der Waals surface area (Å²) in [5, 5.41) is 3.58. The highest BCUT2D eigenvalue weighted by molar-refractivity contribution is 7.90. The van der Waals surface area contributed by atoms with Crippen LogP contribution in [0.25, 0.3) is 10.2 Å². The van der Waals surface area contributed by atoms with Crippen LogP contribution in [0.15, 0.2) is 51.8 Å². The molecule has 0 aliphatic carbocycles. The molecule has 5 rings (SSSR count). The lowest BCUT2D eigenvalue weighted by Crippen LogP contribution is -2.41. The summed E-state index contributed by atoms with van der Waals surface area (Å²) in [5.41, 5.74) is 2.65. The maximum Gasteiger partial charge on any atom is 0.285 e. The number of sulfonamides is 1. The number of piperidine rings is 1. The van der Waals surface area contributed by atoms with Crippen molar-refractivity contribution in [3.63, 3.8) is 0 Å². The van der Waals surface area contributed by atoms with Crippen LogP contribution in [0, 0.1) is 12.8 Å². The fourth-order valence-corrected chi connectivity index (χ4v) is 6.19. The summed E-state index contributed by atoms with van der Waals surface area (Å²) in [5.74, 6) is 0.321. The summed E-state index contributed by atoms with van der Waals surface area (Å²) in [6, 6.07) is 12.9. The third kappa shape index (κ3) is 3.27. The predicted molar refractivity (Wildman–Crippen MR) is 117 cm³/mol. The molecule has 1 amide bonds. The summed E-state index contributed by atoms with van der Waals surface area (Å²) in [4.78, 5) is 19.5. The van der Waals surface area contributed by atoms with Gasteiger partial charge in [-0.1, -0.05) is 35.6 Å². The number of para-hydroxylation sites is 1. The molecule has 2 aliphatic rings. The Kier molecular flexibility index (Phi) is 4.59. The molecule has 154 valence electrons. The molecule has 2 aliphatic heterocycles. The van der Waals surface area contributed by atoms with Gasteiger partial charge in [-0.05, 0) is 43.5 Å². The highest BCUT2D eigenvalue weighted by Gasteiger charge is 2.34. The first-order valence-corrected chi connectivity index (χ1v) is 12.0. The van der Waals surface area contributed by atoms with Crippen molar-refractivity contribution in [2.45, 2.75) is 24.7 Å². The lowest BCUT2D eigenvalue weighted by atomic mass is 9.95. The van der Waals surface area contributed by atoms with Gasteiger partial charge in [0.1, 0.15) is 4.90 Å². The van der Waals surface area contributed by atoms with Crippen molar-refractivity contribution in [2.24, 2.45) is 10.3 Å². The van der Waals surface area contributed by atoms with E-state index < -0.39 is 10.0 Å². The fourth-order valence-electron chi connectivity index (χ4n) is 4.02. The quantitative estimate of drug-likeness (QED) is 0.659. The molecule has 0 spiro atoms. The maximum atomic E-state index is 12.8. The molecule has 3 heterocycles. The molecular formula is C21H20N4O3S2. The number of nitrogens with zero attached hydrogens (tertiary/aromatic N) is 3. The molecule has 2 aromatic carbocycles. The van der Waals surface area contributed by atoms with Gasteiger partial charge in [-0.15, -0.1) is 4.40 Å². The number of likely N-dealkylation sites (tertiary alicyclic amines) is 1. The Balaban J connectivity index is 1.27. The molecule has 0 radical (unpaired) electrons. The van der Waals surface area contributed by atoms with Gasteiger partial charge in [0.25, 0.3) is 10.0 Å². The van der Waals surface area contributed by atoms with E-state index in [0.29, 0.717) is 42.5 Å². The highest BCUT2D eigenvalue weighted by atomic mass is 32.2. The molecule has 9 heteroatoms. The topological polar surface area (TPSA) is 91.7 Å². The normalized spacial score (nSPS) is 18.3. The van der Waals surface area contributed by atoms with E-state index in [9.17, 15) is 13.2 Å². The van der Waals surface area contributed by atoms with E-state index >= 15 is 0 Å². The van der Waals surface area contributed by atoms with Crippen molar-refractivity contribution in [1.82, 2.24) is 9.88 Å².